The van der Waals surface area contributed by atoms with Gasteiger partial charge < -0.3 is 5.32 Å². The molecule has 0 bridgehead atoms. The molecule has 0 spiro atoms. The minimum atomic E-state index is -4.54. The van der Waals surface area contributed by atoms with E-state index in [1.807, 2.05) is 20.8 Å². The summed E-state index contributed by atoms with van der Waals surface area (Å²) in [5.41, 5.74) is -1.55. The van der Waals surface area contributed by atoms with Crippen LogP contribution in [0.25, 0.3) is 0 Å². The van der Waals surface area contributed by atoms with Gasteiger partial charge in [0, 0.05) is 37.5 Å². The number of benzene rings is 1. The number of alkyl halides is 3. The number of hydrogen-bond acceptors (Lipinski definition) is 1. The van der Waals surface area contributed by atoms with Crippen LogP contribution in [0.2, 0.25) is 0 Å². The van der Waals surface area contributed by atoms with Crippen LogP contribution in [-0.4, -0.2) is 5.91 Å². The van der Waals surface area contributed by atoms with E-state index in [2.05, 4.69) is 27.3 Å². The third-order valence-corrected chi connectivity index (χ3v) is 2.62. The minimum Gasteiger partial charge on any atom is -0.349 e. The molecule has 0 saturated heterocycles. The van der Waals surface area contributed by atoms with Crippen molar-refractivity contribution in [3.05, 3.63) is 28.2 Å². The summed E-state index contributed by atoms with van der Waals surface area (Å²) >= 11 is 2.96. The Morgan fingerprint density at radius 2 is 1.90 bits per heavy atom. The molecule has 0 unspecified atom stereocenters. The van der Waals surface area contributed by atoms with Crippen molar-refractivity contribution in [2.24, 2.45) is 5.41 Å². The molecule has 0 aliphatic rings. The Bertz CT molecular complexity index is 483. The molecule has 0 radical (unpaired) electrons. The third-order valence-electron chi connectivity index (χ3n) is 2.17. The Morgan fingerprint density at radius 1 is 1.35 bits per heavy atom. The molecule has 0 heterocycles. The van der Waals surface area contributed by atoms with E-state index >= 15 is 0 Å². The average Bonchev–Trinajstić information content (AvgIpc) is 2.16. The number of rotatable bonds is 2. The average molecular weight is 575 g/mol. The van der Waals surface area contributed by atoms with E-state index in [1.54, 1.807) is 0 Å². The largest absolute Gasteiger partial charge is 0.372 e. The molecule has 1 aromatic carbocycles. The zero-order chi connectivity index (χ0) is 14.8. The summed E-state index contributed by atoms with van der Waals surface area (Å²) < 4.78 is 38.7. The van der Waals surface area contributed by atoms with Crippen molar-refractivity contribution >= 4 is 27.5 Å². The molecular weight excluding hydrogens is 561 g/mol. The number of anilines is 1. The monoisotopic (exact) mass is 574 g/mol. The molecule has 1 amide bonds. The zero-order valence-electron chi connectivity index (χ0n) is 11.3. The van der Waals surface area contributed by atoms with Crippen LogP contribution in [0.4, 0.5) is 18.9 Å². The van der Waals surface area contributed by atoms with Crippen molar-refractivity contribution in [1.29, 1.82) is 0 Å². The van der Waals surface area contributed by atoms with Crippen LogP contribution in [-0.2, 0) is 11.0 Å². The summed E-state index contributed by atoms with van der Waals surface area (Å²) in [5, 5.41) is 2.27. The summed E-state index contributed by atoms with van der Waals surface area (Å²) in [4.78, 5) is 11.7. The van der Waals surface area contributed by atoms with Gasteiger partial charge in [-0.25, -0.2) is 0 Å². The molecule has 0 saturated carbocycles. The van der Waals surface area contributed by atoms with E-state index < -0.39 is 17.6 Å². The van der Waals surface area contributed by atoms with E-state index in [0.29, 0.717) is 0 Å². The number of hydrogen-bond donors (Lipinski definition) is 1. The molecule has 110 valence electrons. The van der Waals surface area contributed by atoms with E-state index in [9.17, 15) is 18.0 Å². The second kappa shape index (κ2) is 7.33. The minimum absolute atomic E-state index is 0. The normalized spacial score (nSPS) is 11.8. The first-order chi connectivity index (χ1) is 8.49. The standard InChI is InChI=1S/C13H14BrF3NO.U/c1-12(2,3)7-11(19)18-10-5-4-8(14)6-9(10)13(15,16)17;/h4,6H,7H2,1-3H3,(H,18,19);/q-1;. The molecule has 1 N–H and O–H groups in total. The van der Waals surface area contributed by atoms with Gasteiger partial charge in [0.05, 0.1) is 0 Å². The fourth-order valence-electron chi connectivity index (χ4n) is 1.46. The summed E-state index contributed by atoms with van der Waals surface area (Å²) in [6, 6.07) is 4.68. The van der Waals surface area contributed by atoms with Gasteiger partial charge in [-0.2, -0.15) is 25.3 Å². The van der Waals surface area contributed by atoms with E-state index in [-0.39, 0.29) is 53.1 Å². The zero-order valence-corrected chi connectivity index (χ0v) is 17.0. The molecule has 0 fully saturated rings. The number of nitrogens with one attached hydrogen (secondary N) is 1. The maximum absolute atomic E-state index is 12.8. The van der Waals surface area contributed by atoms with Gasteiger partial charge >= 0.3 is 6.18 Å². The summed E-state index contributed by atoms with van der Waals surface area (Å²) in [7, 11) is 0. The fourth-order valence-corrected chi connectivity index (χ4v) is 1.81. The van der Waals surface area contributed by atoms with Gasteiger partial charge in [-0.05, 0) is 11.0 Å². The second-order valence-corrected chi connectivity index (χ2v) is 6.31. The Hall–Kier alpha value is 0.0119. The topological polar surface area (TPSA) is 29.1 Å². The SMILES string of the molecule is CC(C)(C)CC(=O)Nc1[c-]cc(Br)cc1C(F)(F)F.[U]. The molecule has 0 atom stereocenters. The van der Waals surface area contributed by atoms with Gasteiger partial charge in [-0.15, -0.1) is 22.0 Å². The maximum atomic E-state index is 12.8. The Morgan fingerprint density at radius 3 is 2.35 bits per heavy atom. The Labute approximate surface area is 148 Å². The fraction of sp³-hybridized carbons (Fsp3) is 0.462. The van der Waals surface area contributed by atoms with Gasteiger partial charge in [0.15, 0.2) is 0 Å². The van der Waals surface area contributed by atoms with Crippen molar-refractivity contribution in [2.75, 3.05) is 5.32 Å². The first-order valence-corrected chi connectivity index (χ1v) is 6.36. The van der Waals surface area contributed by atoms with Crippen molar-refractivity contribution < 1.29 is 49.1 Å². The summed E-state index contributed by atoms with van der Waals surface area (Å²) in [6.45, 7) is 5.51. The molecular formula is C13H14BrF3NOU-. The van der Waals surface area contributed by atoms with Gasteiger partial charge in [0.25, 0.3) is 0 Å². The third kappa shape index (κ3) is 6.64. The Kier molecular flexibility index (Phi) is 7.33. The van der Waals surface area contributed by atoms with Gasteiger partial charge in [-0.1, -0.05) is 30.9 Å². The summed E-state index contributed by atoms with van der Waals surface area (Å²) in [6.07, 6.45) is -4.40. The number of carbonyl (C=O) groups is 1. The van der Waals surface area contributed by atoms with Crippen molar-refractivity contribution in [1.82, 2.24) is 0 Å². The van der Waals surface area contributed by atoms with Crippen molar-refractivity contribution in [2.45, 2.75) is 33.4 Å². The molecule has 2 nitrogen and oxygen atoms in total. The smallest absolute Gasteiger partial charge is 0.349 e. The van der Waals surface area contributed by atoms with Crippen molar-refractivity contribution in [3.63, 3.8) is 0 Å². The number of amides is 1. The van der Waals surface area contributed by atoms with E-state index in [4.69, 9.17) is 0 Å². The summed E-state index contributed by atoms with van der Waals surface area (Å²) in [5.74, 6) is -0.462. The van der Waals surface area contributed by atoms with Crippen LogP contribution in [0, 0.1) is 42.6 Å². The predicted molar refractivity (Wildman–Crippen MR) is 70.7 cm³/mol. The van der Waals surface area contributed by atoms with E-state index in [0.717, 1.165) is 6.07 Å². The van der Waals surface area contributed by atoms with Crippen molar-refractivity contribution in [3.8, 4) is 0 Å². The predicted octanol–water partition coefficient (Wildman–Crippen LogP) is 4.64. The van der Waals surface area contributed by atoms with Gasteiger partial charge in [0.2, 0.25) is 5.91 Å². The van der Waals surface area contributed by atoms with Gasteiger partial charge in [0.1, 0.15) is 0 Å². The van der Waals surface area contributed by atoms with Crippen LogP contribution < -0.4 is 5.32 Å². The second-order valence-electron chi connectivity index (χ2n) is 5.39. The van der Waals surface area contributed by atoms with E-state index in [1.165, 1.54) is 6.07 Å². The van der Waals surface area contributed by atoms with Crippen LogP contribution in [0.15, 0.2) is 16.6 Å². The maximum Gasteiger partial charge on any atom is 0.372 e. The molecule has 7 heteroatoms. The van der Waals surface area contributed by atoms with Gasteiger partial charge in [-0.3, -0.25) is 4.79 Å². The number of carbonyl (C=O) groups excluding carboxylic acids is 1. The molecule has 0 aromatic heterocycles. The van der Waals surface area contributed by atoms with Crippen LogP contribution >= 0.6 is 15.9 Å². The molecule has 20 heavy (non-hydrogen) atoms. The van der Waals surface area contributed by atoms with Crippen LogP contribution in [0.1, 0.15) is 32.8 Å². The number of halogens is 4. The first-order valence-electron chi connectivity index (χ1n) is 5.57. The quantitative estimate of drug-likeness (QED) is 0.512. The molecule has 0 aliphatic heterocycles. The molecule has 1 rings (SSSR count). The Balaban J connectivity index is 0.00000361. The van der Waals surface area contributed by atoms with Crippen LogP contribution in [0.5, 0.6) is 0 Å². The first kappa shape index (κ1) is 20.0. The molecule has 1 aromatic rings. The molecule has 0 aliphatic carbocycles. The van der Waals surface area contributed by atoms with Crippen LogP contribution in [0.3, 0.4) is 0 Å².